The van der Waals surface area contributed by atoms with E-state index in [9.17, 15) is 9.90 Å². The SMILES string of the molecule is CC1(C)OC(=O)c2c(c(O)cc3c2OCCC3)O1. The van der Waals surface area contributed by atoms with E-state index in [0.717, 1.165) is 18.4 Å². The Bertz CT molecular complexity index is 533. The molecule has 0 spiro atoms. The maximum Gasteiger partial charge on any atom is 0.349 e. The molecule has 1 aromatic carbocycles. The number of ether oxygens (including phenoxy) is 3. The Morgan fingerprint density at radius 2 is 2.06 bits per heavy atom. The molecule has 1 N–H and O–H groups in total. The van der Waals surface area contributed by atoms with Crippen LogP contribution in [0.2, 0.25) is 0 Å². The van der Waals surface area contributed by atoms with E-state index >= 15 is 0 Å². The summed E-state index contributed by atoms with van der Waals surface area (Å²) in [7, 11) is 0. The molecule has 2 aliphatic heterocycles. The van der Waals surface area contributed by atoms with E-state index in [2.05, 4.69) is 0 Å². The number of hydrogen-bond donors (Lipinski definition) is 1. The molecular formula is C13H14O5. The van der Waals surface area contributed by atoms with Crippen molar-refractivity contribution in [3.8, 4) is 17.2 Å². The molecule has 0 aromatic heterocycles. The van der Waals surface area contributed by atoms with Crippen molar-refractivity contribution < 1.29 is 24.1 Å². The monoisotopic (exact) mass is 250 g/mol. The zero-order valence-electron chi connectivity index (χ0n) is 10.3. The summed E-state index contributed by atoms with van der Waals surface area (Å²) in [6.07, 6.45) is 1.64. The highest BCUT2D eigenvalue weighted by Gasteiger charge is 2.39. The highest BCUT2D eigenvalue weighted by molar-refractivity contribution is 5.98. The maximum absolute atomic E-state index is 12.0. The molecule has 2 heterocycles. The second-order valence-corrected chi connectivity index (χ2v) is 4.93. The number of phenols is 1. The van der Waals surface area contributed by atoms with Crippen LogP contribution >= 0.6 is 0 Å². The second-order valence-electron chi connectivity index (χ2n) is 4.93. The first-order valence-corrected chi connectivity index (χ1v) is 5.92. The number of aryl methyl sites for hydroxylation is 1. The molecule has 3 rings (SSSR count). The summed E-state index contributed by atoms with van der Waals surface area (Å²) in [5, 5.41) is 9.97. The lowest BCUT2D eigenvalue weighted by Crippen LogP contribution is -2.39. The summed E-state index contributed by atoms with van der Waals surface area (Å²) in [6, 6.07) is 1.60. The number of carbonyl (C=O) groups excluding carboxylic acids is 1. The quantitative estimate of drug-likeness (QED) is 0.713. The molecule has 0 saturated carbocycles. The molecule has 0 amide bonds. The van der Waals surface area contributed by atoms with Crippen LogP contribution in [0.3, 0.4) is 0 Å². The van der Waals surface area contributed by atoms with E-state index in [1.165, 1.54) is 0 Å². The first kappa shape index (κ1) is 11.2. The van der Waals surface area contributed by atoms with Crippen molar-refractivity contribution in [2.75, 3.05) is 6.61 Å². The van der Waals surface area contributed by atoms with Gasteiger partial charge in [-0.3, -0.25) is 0 Å². The van der Waals surface area contributed by atoms with Crippen molar-refractivity contribution >= 4 is 5.97 Å². The molecule has 1 aromatic rings. The van der Waals surface area contributed by atoms with E-state index in [-0.39, 0.29) is 17.1 Å². The molecule has 0 aliphatic carbocycles. The molecule has 0 radical (unpaired) electrons. The number of benzene rings is 1. The Morgan fingerprint density at radius 3 is 2.83 bits per heavy atom. The predicted octanol–water partition coefficient (Wildman–Crippen LogP) is 2.00. The number of hydrogen-bond acceptors (Lipinski definition) is 5. The van der Waals surface area contributed by atoms with Gasteiger partial charge < -0.3 is 19.3 Å². The molecule has 18 heavy (non-hydrogen) atoms. The van der Waals surface area contributed by atoms with Crippen LogP contribution in [0.15, 0.2) is 6.07 Å². The van der Waals surface area contributed by atoms with Crippen LogP contribution in [-0.2, 0) is 11.2 Å². The number of esters is 1. The van der Waals surface area contributed by atoms with E-state index < -0.39 is 11.8 Å². The van der Waals surface area contributed by atoms with Gasteiger partial charge in [0.15, 0.2) is 11.5 Å². The van der Waals surface area contributed by atoms with Gasteiger partial charge in [0.1, 0.15) is 11.3 Å². The van der Waals surface area contributed by atoms with Crippen LogP contribution in [0.1, 0.15) is 36.2 Å². The molecule has 0 bridgehead atoms. The number of carbonyl (C=O) groups is 1. The first-order chi connectivity index (χ1) is 8.48. The fraction of sp³-hybridized carbons (Fsp3) is 0.462. The third-order valence-electron chi connectivity index (χ3n) is 3.02. The molecule has 0 atom stereocenters. The topological polar surface area (TPSA) is 65.0 Å². The van der Waals surface area contributed by atoms with Gasteiger partial charge in [0.2, 0.25) is 5.79 Å². The lowest BCUT2D eigenvalue weighted by Gasteiger charge is -2.34. The number of aromatic hydroxyl groups is 1. The van der Waals surface area contributed by atoms with Crippen LogP contribution in [0, 0.1) is 0 Å². The average molecular weight is 250 g/mol. The molecule has 0 unspecified atom stereocenters. The molecular weight excluding hydrogens is 236 g/mol. The van der Waals surface area contributed by atoms with Crippen molar-refractivity contribution in [3.05, 3.63) is 17.2 Å². The average Bonchev–Trinajstić information content (AvgIpc) is 2.28. The van der Waals surface area contributed by atoms with Crippen LogP contribution < -0.4 is 9.47 Å². The molecule has 0 saturated heterocycles. The van der Waals surface area contributed by atoms with Crippen molar-refractivity contribution in [1.29, 1.82) is 0 Å². The number of fused-ring (bicyclic) bond motifs is 3. The van der Waals surface area contributed by atoms with Gasteiger partial charge in [-0.25, -0.2) is 4.79 Å². The molecule has 96 valence electrons. The lowest BCUT2D eigenvalue weighted by atomic mass is 10.00. The highest BCUT2D eigenvalue weighted by Crippen LogP contribution is 2.46. The Morgan fingerprint density at radius 1 is 1.28 bits per heavy atom. The minimum absolute atomic E-state index is 0.0426. The third-order valence-corrected chi connectivity index (χ3v) is 3.02. The second kappa shape index (κ2) is 3.54. The summed E-state index contributed by atoms with van der Waals surface area (Å²) in [5.74, 6) is -1.01. The highest BCUT2D eigenvalue weighted by atomic mass is 16.7. The third kappa shape index (κ3) is 1.58. The Hall–Kier alpha value is -1.91. The van der Waals surface area contributed by atoms with E-state index in [1.54, 1.807) is 19.9 Å². The normalized spacial score (nSPS) is 20.0. The van der Waals surface area contributed by atoms with Gasteiger partial charge in [-0.2, -0.15) is 0 Å². The fourth-order valence-electron chi connectivity index (χ4n) is 2.30. The molecule has 5 nitrogen and oxygen atoms in total. The summed E-state index contributed by atoms with van der Waals surface area (Å²) in [4.78, 5) is 12.0. The summed E-state index contributed by atoms with van der Waals surface area (Å²) in [5.41, 5.74) is 1.02. The van der Waals surface area contributed by atoms with Crippen molar-refractivity contribution in [2.24, 2.45) is 0 Å². The summed E-state index contributed by atoms with van der Waals surface area (Å²) >= 11 is 0. The molecule has 2 aliphatic rings. The van der Waals surface area contributed by atoms with Crippen LogP contribution in [-0.4, -0.2) is 23.5 Å². The zero-order chi connectivity index (χ0) is 12.9. The predicted molar refractivity (Wildman–Crippen MR) is 62.0 cm³/mol. The van der Waals surface area contributed by atoms with Crippen LogP contribution in [0.25, 0.3) is 0 Å². The lowest BCUT2D eigenvalue weighted by molar-refractivity contribution is -0.128. The van der Waals surface area contributed by atoms with Gasteiger partial charge in [-0.05, 0) is 24.5 Å². The Labute approximate surface area is 104 Å². The largest absolute Gasteiger partial charge is 0.504 e. The van der Waals surface area contributed by atoms with Crippen LogP contribution in [0.4, 0.5) is 0 Å². The van der Waals surface area contributed by atoms with Gasteiger partial charge in [-0.15, -0.1) is 0 Å². The molecule has 0 fully saturated rings. The van der Waals surface area contributed by atoms with E-state index in [1.807, 2.05) is 0 Å². The van der Waals surface area contributed by atoms with Crippen molar-refractivity contribution in [1.82, 2.24) is 0 Å². The molecule has 5 heteroatoms. The number of rotatable bonds is 0. The van der Waals surface area contributed by atoms with E-state index in [4.69, 9.17) is 14.2 Å². The minimum atomic E-state index is -1.08. The van der Waals surface area contributed by atoms with Gasteiger partial charge >= 0.3 is 5.97 Å². The van der Waals surface area contributed by atoms with E-state index in [0.29, 0.717) is 12.4 Å². The van der Waals surface area contributed by atoms with Crippen LogP contribution in [0.5, 0.6) is 17.2 Å². The maximum atomic E-state index is 12.0. The van der Waals surface area contributed by atoms with Gasteiger partial charge in [0.25, 0.3) is 0 Å². The van der Waals surface area contributed by atoms with Gasteiger partial charge in [0, 0.05) is 13.8 Å². The Balaban J connectivity index is 2.22. The van der Waals surface area contributed by atoms with Gasteiger partial charge in [0.05, 0.1) is 6.61 Å². The van der Waals surface area contributed by atoms with Crippen molar-refractivity contribution in [2.45, 2.75) is 32.5 Å². The summed E-state index contributed by atoms with van der Waals surface area (Å²) < 4.78 is 16.2. The van der Waals surface area contributed by atoms with Crippen molar-refractivity contribution in [3.63, 3.8) is 0 Å². The first-order valence-electron chi connectivity index (χ1n) is 5.92. The zero-order valence-corrected chi connectivity index (χ0v) is 10.3. The standard InChI is InChI=1S/C13H14O5/c1-13(2)17-11-8(14)6-7-4-3-5-16-10(7)9(11)12(15)18-13/h6,14H,3-5H2,1-2H3. The fourth-order valence-corrected chi connectivity index (χ4v) is 2.30. The number of phenolic OH excluding ortho intramolecular Hbond substituents is 1. The number of cyclic esters (lactones) is 1. The minimum Gasteiger partial charge on any atom is -0.504 e. The van der Waals surface area contributed by atoms with Gasteiger partial charge in [-0.1, -0.05) is 0 Å². The summed E-state index contributed by atoms with van der Waals surface area (Å²) in [6.45, 7) is 3.79. The Kier molecular flexibility index (Phi) is 2.20. The smallest absolute Gasteiger partial charge is 0.349 e.